The molecule has 0 amide bonds. The van der Waals surface area contributed by atoms with Gasteiger partial charge < -0.3 is 0 Å². The van der Waals surface area contributed by atoms with Crippen LogP contribution in [0, 0.1) is 10.8 Å². The average Bonchev–Trinajstić information content (AvgIpc) is 2.45. The van der Waals surface area contributed by atoms with E-state index in [2.05, 4.69) is 76.0 Å². The Morgan fingerprint density at radius 3 is 1.08 bits per heavy atom. The molecule has 0 saturated carbocycles. The van der Waals surface area contributed by atoms with E-state index in [4.69, 9.17) is 0 Å². The molecule has 0 atom stereocenters. The third-order valence-electron chi connectivity index (χ3n) is 3.62. The van der Waals surface area contributed by atoms with Gasteiger partial charge in [-0.15, -0.1) is 0 Å². The molecule has 2 heteroatoms. The van der Waals surface area contributed by atoms with Crippen LogP contribution in [0.25, 0.3) is 0 Å². The lowest BCUT2D eigenvalue weighted by Crippen LogP contribution is -2.08. The summed E-state index contributed by atoms with van der Waals surface area (Å²) in [4.78, 5) is 0. The SMILES string of the molecule is CC(C)(C)Cc1ccc(N=Nc2ccc(CC(C)(C)C)cc2)cc1. The monoisotopic (exact) mass is 322 g/mol. The summed E-state index contributed by atoms with van der Waals surface area (Å²) in [5.41, 5.74) is 5.08. The Labute approximate surface area is 147 Å². The van der Waals surface area contributed by atoms with E-state index in [1.165, 1.54) is 11.1 Å². The van der Waals surface area contributed by atoms with Crippen molar-refractivity contribution in [3.63, 3.8) is 0 Å². The van der Waals surface area contributed by atoms with Crippen molar-refractivity contribution in [1.82, 2.24) is 0 Å². The molecule has 0 spiro atoms. The Bertz CT molecular complexity index is 604. The highest BCUT2D eigenvalue weighted by Crippen LogP contribution is 2.25. The van der Waals surface area contributed by atoms with Gasteiger partial charge >= 0.3 is 0 Å². The van der Waals surface area contributed by atoms with Gasteiger partial charge in [0.05, 0.1) is 11.4 Å². The topological polar surface area (TPSA) is 24.7 Å². The van der Waals surface area contributed by atoms with E-state index in [1.54, 1.807) is 0 Å². The van der Waals surface area contributed by atoms with E-state index in [0.717, 1.165) is 24.2 Å². The normalized spacial score (nSPS) is 12.8. The van der Waals surface area contributed by atoms with E-state index >= 15 is 0 Å². The molecule has 0 heterocycles. The molecule has 24 heavy (non-hydrogen) atoms. The molecule has 0 aromatic heterocycles. The van der Waals surface area contributed by atoms with E-state index < -0.39 is 0 Å². The molecule has 0 fully saturated rings. The van der Waals surface area contributed by atoms with Gasteiger partial charge in [-0.2, -0.15) is 10.2 Å². The highest BCUT2D eigenvalue weighted by Gasteiger charge is 2.11. The number of hydrogen-bond acceptors (Lipinski definition) is 2. The zero-order valence-corrected chi connectivity index (χ0v) is 15.9. The highest BCUT2D eigenvalue weighted by molar-refractivity contribution is 5.42. The molecule has 0 bridgehead atoms. The largest absolute Gasteiger partial charge is 0.151 e. The van der Waals surface area contributed by atoms with Gasteiger partial charge in [0.15, 0.2) is 0 Å². The third-order valence-corrected chi connectivity index (χ3v) is 3.62. The van der Waals surface area contributed by atoms with Gasteiger partial charge in [0.25, 0.3) is 0 Å². The first-order valence-electron chi connectivity index (χ1n) is 8.70. The van der Waals surface area contributed by atoms with Gasteiger partial charge in [-0.25, -0.2) is 0 Å². The standard InChI is InChI=1S/C22H30N2/c1-21(2,3)15-17-7-11-19(12-8-17)23-24-20-13-9-18(10-14-20)16-22(4,5)6/h7-14H,15-16H2,1-6H3. The second-order valence-corrected chi connectivity index (χ2v) is 9.01. The summed E-state index contributed by atoms with van der Waals surface area (Å²) >= 11 is 0. The first kappa shape index (κ1) is 18.4. The number of rotatable bonds is 4. The van der Waals surface area contributed by atoms with Crippen LogP contribution in [0.1, 0.15) is 52.7 Å². The first-order valence-corrected chi connectivity index (χ1v) is 8.70. The predicted octanol–water partition coefficient (Wildman–Crippen LogP) is 7.28. The summed E-state index contributed by atoms with van der Waals surface area (Å²) in [6.07, 6.45) is 2.14. The van der Waals surface area contributed by atoms with E-state index in [0.29, 0.717) is 10.8 Å². The van der Waals surface area contributed by atoms with Gasteiger partial charge in [0.2, 0.25) is 0 Å². The fourth-order valence-corrected chi connectivity index (χ4v) is 2.70. The fraction of sp³-hybridized carbons (Fsp3) is 0.455. The second-order valence-electron chi connectivity index (χ2n) is 9.01. The van der Waals surface area contributed by atoms with Gasteiger partial charge in [-0.3, -0.25) is 0 Å². The lowest BCUT2D eigenvalue weighted by atomic mass is 9.88. The molecule has 2 aromatic carbocycles. The van der Waals surface area contributed by atoms with Crippen LogP contribution in [0.3, 0.4) is 0 Å². The van der Waals surface area contributed by atoms with Crippen molar-refractivity contribution in [3.05, 3.63) is 59.7 Å². The quantitative estimate of drug-likeness (QED) is 0.528. The minimum atomic E-state index is 0.303. The second kappa shape index (κ2) is 7.29. The number of azo groups is 1. The zero-order valence-electron chi connectivity index (χ0n) is 15.9. The van der Waals surface area contributed by atoms with E-state index in [9.17, 15) is 0 Å². The molecule has 0 radical (unpaired) electrons. The van der Waals surface area contributed by atoms with Crippen LogP contribution in [0.5, 0.6) is 0 Å². The average molecular weight is 322 g/mol. The molecule has 0 N–H and O–H groups in total. The number of benzene rings is 2. The predicted molar refractivity (Wildman–Crippen MR) is 103 cm³/mol. The maximum Gasteiger partial charge on any atom is 0.0857 e. The van der Waals surface area contributed by atoms with Gasteiger partial charge in [0, 0.05) is 0 Å². The van der Waals surface area contributed by atoms with Crippen molar-refractivity contribution in [2.75, 3.05) is 0 Å². The van der Waals surface area contributed by atoms with Crippen LogP contribution in [0.4, 0.5) is 11.4 Å². The van der Waals surface area contributed by atoms with Crippen LogP contribution < -0.4 is 0 Å². The zero-order chi connectivity index (χ0) is 17.8. The summed E-state index contributed by atoms with van der Waals surface area (Å²) in [5, 5.41) is 8.69. The maximum absolute atomic E-state index is 4.34. The van der Waals surface area contributed by atoms with Crippen molar-refractivity contribution >= 4 is 11.4 Å². The molecule has 0 unspecified atom stereocenters. The molecular weight excluding hydrogens is 292 g/mol. The molecule has 0 aliphatic heterocycles. The van der Waals surface area contributed by atoms with Crippen molar-refractivity contribution < 1.29 is 0 Å². The summed E-state index contributed by atoms with van der Waals surface area (Å²) in [6.45, 7) is 13.5. The van der Waals surface area contributed by atoms with Crippen molar-refractivity contribution in [2.45, 2.75) is 54.4 Å². The molecule has 2 aromatic rings. The van der Waals surface area contributed by atoms with E-state index in [-0.39, 0.29) is 0 Å². The molecule has 128 valence electrons. The van der Waals surface area contributed by atoms with Crippen LogP contribution in [0.15, 0.2) is 58.8 Å². The van der Waals surface area contributed by atoms with Crippen molar-refractivity contribution in [2.24, 2.45) is 21.1 Å². The first-order chi connectivity index (χ1) is 11.1. The Morgan fingerprint density at radius 1 is 0.542 bits per heavy atom. The Kier molecular flexibility index (Phi) is 5.58. The minimum Gasteiger partial charge on any atom is -0.151 e. The van der Waals surface area contributed by atoms with Gasteiger partial charge in [-0.1, -0.05) is 65.8 Å². The smallest absolute Gasteiger partial charge is 0.0857 e. The molecule has 0 saturated heterocycles. The molecule has 0 aliphatic rings. The van der Waals surface area contributed by atoms with Gasteiger partial charge in [-0.05, 0) is 59.1 Å². The summed E-state index contributed by atoms with van der Waals surface area (Å²) in [5.74, 6) is 0. The summed E-state index contributed by atoms with van der Waals surface area (Å²) in [7, 11) is 0. The Balaban J connectivity index is 2.00. The lowest BCUT2D eigenvalue weighted by molar-refractivity contribution is 0.411. The van der Waals surface area contributed by atoms with Crippen LogP contribution in [0.2, 0.25) is 0 Å². The minimum absolute atomic E-state index is 0.303. The molecule has 2 rings (SSSR count). The van der Waals surface area contributed by atoms with Crippen LogP contribution in [-0.4, -0.2) is 0 Å². The van der Waals surface area contributed by atoms with E-state index in [1.807, 2.05) is 24.3 Å². The fourth-order valence-electron chi connectivity index (χ4n) is 2.70. The van der Waals surface area contributed by atoms with Crippen LogP contribution >= 0.6 is 0 Å². The summed E-state index contributed by atoms with van der Waals surface area (Å²) < 4.78 is 0. The third kappa shape index (κ3) is 6.66. The maximum atomic E-state index is 4.34. The highest BCUT2D eigenvalue weighted by atomic mass is 15.1. The molecule has 2 nitrogen and oxygen atoms in total. The Morgan fingerprint density at radius 2 is 0.833 bits per heavy atom. The molecular formula is C22H30N2. The van der Waals surface area contributed by atoms with Crippen molar-refractivity contribution in [3.8, 4) is 0 Å². The van der Waals surface area contributed by atoms with Gasteiger partial charge in [0.1, 0.15) is 0 Å². The Hall–Kier alpha value is -1.96. The summed E-state index contributed by atoms with van der Waals surface area (Å²) in [6, 6.07) is 16.7. The number of hydrogen-bond donors (Lipinski definition) is 0. The number of nitrogens with zero attached hydrogens (tertiary/aromatic N) is 2. The lowest BCUT2D eigenvalue weighted by Gasteiger charge is -2.18. The van der Waals surface area contributed by atoms with Crippen molar-refractivity contribution in [1.29, 1.82) is 0 Å². The van der Waals surface area contributed by atoms with Crippen LogP contribution in [-0.2, 0) is 12.8 Å². The molecule has 0 aliphatic carbocycles.